The first kappa shape index (κ1) is 16.3. The quantitative estimate of drug-likeness (QED) is 0.804. The molecule has 0 aliphatic carbocycles. The third-order valence-electron chi connectivity index (χ3n) is 2.99. The summed E-state index contributed by atoms with van der Waals surface area (Å²) in [5, 5.41) is 11.7. The molecule has 2 N–H and O–H groups in total. The van der Waals surface area contributed by atoms with Gasteiger partial charge < -0.3 is 15.2 Å². The lowest BCUT2D eigenvalue weighted by molar-refractivity contribution is -0.132. The van der Waals surface area contributed by atoms with Crippen molar-refractivity contribution in [3.63, 3.8) is 0 Å². The first-order chi connectivity index (χ1) is 11.1. The van der Waals surface area contributed by atoms with Crippen LogP contribution >= 0.6 is 0 Å². The van der Waals surface area contributed by atoms with Gasteiger partial charge in [0.2, 0.25) is 0 Å². The Morgan fingerprint density at radius 3 is 2.52 bits per heavy atom. The Hall–Kier alpha value is -3.08. The molecule has 5 heteroatoms. The van der Waals surface area contributed by atoms with Crippen molar-refractivity contribution in [2.45, 2.75) is 6.92 Å². The molecule has 2 aromatic rings. The number of nitrogens with one attached hydrogen (secondary N) is 1. The molecular formula is C18H17NO4. The maximum atomic E-state index is 12.1. The van der Waals surface area contributed by atoms with Crippen LogP contribution in [0.3, 0.4) is 0 Å². The van der Waals surface area contributed by atoms with Gasteiger partial charge in [0, 0.05) is 5.56 Å². The Morgan fingerprint density at radius 1 is 1.13 bits per heavy atom. The number of rotatable bonds is 6. The van der Waals surface area contributed by atoms with E-state index in [1.165, 1.54) is 6.08 Å². The highest BCUT2D eigenvalue weighted by atomic mass is 16.5. The number of carboxylic acids is 1. The minimum atomic E-state index is -1.21. The predicted octanol–water partition coefficient (Wildman–Crippen LogP) is 2.94. The van der Waals surface area contributed by atoms with Crippen LogP contribution in [0, 0.1) is 0 Å². The minimum absolute atomic E-state index is 0.201. The lowest BCUT2D eigenvalue weighted by atomic mass is 10.1. The fraction of sp³-hybridized carbons (Fsp3) is 0.111. The van der Waals surface area contributed by atoms with E-state index >= 15 is 0 Å². The van der Waals surface area contributed by atoms with E-state index < -0.39 is 11.9 Å². The Balaban J connectivity index is 2.23. The van der Waals surface area contributed by atoms with Gasteiger partial charge in [0.05, 0.1) is 6.61 Å². The van der Waals surface area contributed by atoms with Gasteiger partial charge >= 0.3 is 5.97 Å². The van der Waals surface area contributed by atoms with Gasteiger partial charge in [0.15, 0.2) is 0 Å². The largest absolute Gasteiger partial charge is 0.494 e. The van der Waals surface area contributed by atoms with E-state index in [1.54, 1.807) is 54.6 Å². The molecule has 0 saturated carbocycles. The monoisotopic (exact) mass is 311 g/mol. The van der Waals surface area contributed by atoms with Gasteiger partial charge in [0.25, 0.3) is 5.91 Å². The van der Waals surface area contributed by atoms with Crippen molar-refractivity contribution in [3.05, 3.63) is 71.4 Å². The first-order valence-electron chi connectivity index (χ1n) is 7.14. The number of carboxylic acid groups (broad SMARTS) is 1. The van der Waals surface area contributed by atoms with Crippen LogP contribution in [0.15, 0.2) is 60.3 Å². The molecule has 0 bridgehead atoms. The summed E-state index contributed by atoms with van der Waals surface area (Å²) >= 11 is 0. The third-order valence-corrected chi connectivity index (χ3v) is 2.99. The molecule has 0 unspecified atom stereocenters. The lowest BCUT2D eigenvalue weighted by Gasteiger charge is -2.07. The Morgan fingerprint density at radius 2 is 1.87 bits per heavy atom. The molecule has 0 radical (unpaired) electrons. The highest BCUT2D eigenvalue weighted by Crippen LogP contribution is 2.15. The summed E-state index contributed by atoms with van der Waals surface area (Å²) in [5.41, 5.74) is 0.817. The highest BCUT2D eigenvalue weighted by Gasteiger charge is 2.13. The Labute approximate surface area is 134 Å². The molecule has 0 atom stereocenters. The van der Waals surface area contributed by atoms with Crippen LogP contribution in [-0.2, 0) is 4.79 Å². The summed E-state index contributed by atoms with van der Waals surface area (Å²) in [6.45, 7) is 2.38. The van der Waals surface area contributed by atoms with Gasteiger partial charge in [-0.2, -0.15) is 0 Å². The van der Waals surface area contributed by atoms with E-state index in [0.717, 1.165) is 0 Å². The summed E-state index contributed by atoms with van der Waals surface area (Å²) in [6.07, 6.45) is 1.39. The summed E-state index contributed by atoms with van der Waals surface area (Å²) in [5.74, 6) is -1.04. The average Bonchev–Trinajstić information content (AvgIpc) is 2.55. The average molecular weight is 311 g/mol. The lowest BCUT2D eigenvalue weighted by Crippen LogP contribution is -2.27. The molecule has 2 aromatic carbocycles. The number of hydrogen-bond acceptors (Lipinski definition) is 3. The second-order valence-corrected chi connectivity index (χ2v) is 4.69. The van der Waals surface area contributed by atoms with Crippen LogP contribution in [-0.4, -0.2) is 23.6 Å². The van der Waals surface area contributed by atoms with Crippen LogP contribution in [0.4, 0.5) is 0 Å². The molecule has 0 spiro atoms. The molecule has 0 aliphatic rings. The molecule has 0 heterocycles. The van der Waals surface area contributed by atoms with Crippen molar-refractivity contribution in [2.75, 3.05) is 6.61 Å². The zero-order valence-electron chi connectivity index (χ0n) is 12.7. The third kappa shape index (κ3) is 4.71. The smallest absolute Gasteiger partial charge is 0.352 e. The summed E-state index contributed by atoms with van der Waals surface area (Å²) in [6, 6.07) is 15.4. The van der Waals surface area contributed by atoms with Crippen LogP contribution in [0.1, 0.15) is 22.8 Å². The van der Waals surface area contributed by atoms with Gasteiger partial charge in [-0.15, -0.1) is 0 Å². The SMILES string of the molecule is CCOc1cccc(C=C(NC(=O)c2ccccc2)C(=O)O)c1. The number of aliphatic carboxylic acids is 1. The topological polar surface area (TPSA) is 75.6 Å². The maximum Gasteiger partial charge on any atom is 0.352 e. The molecule has 5 nitrogen and oxygen atoms in total. The van der Waals surface area contributed by atoms with E-state index in [1.807, 2.05) is 6.92 Å². The van der Waals surface area contributed by atoms with Gasteiger partial charge in [0.1, 0.15) is 11.4 Å². The van der Waals surface area contributed by atoms with Crippen molar-refractivity contribution in [2.24, 2.45) is 0 Å². The van der Waals surface area contributed by atoms with Crippen molar-refractivity contribution >= 4 is 18.0 Å². The van der Waals surface area contributed by atoms with Crippen LogP contribution in [0.5, 0.6) is 5.75 Å². The number of ether oxygens (including phenoxy) is 1. The molecule has 0 saturated heterocycles. The normalized spacial score (nSPS) is 10.9. The highest BCUT2D eigenvalue weighted by molar-refractivity contribution is 6.02. The number of amides is 1. The molecular weight excluding hydrogens is 294 g/mol. The zero-order valence-corrected chi connectivity index (χ0v) is 12.7. The van der Waals surface area contributed by atoms with Gasteiger partial charge in [-0.1, -0.05) is 30.3 Å². The predicted molar refractivity (Wildman–Crippen MR) is 87.1 cm³/mol. The van der Waals surface area contributed by atoms with Crippen molar-refractivity contribution in [1.82, 2.24) is 5.32 Å². The summed E-state index contributed by atoms with van der Waals surface area (Å²) < 4.78 is 5.37. The number of benzene rings is 2. The van der Waals surface area contributed by atoms with Gasteiger partial charge in [-0.05, 0) is 42.8 Å². The van der Waals surface area contributed by atoms with Crippen molar-refractivity contribution in [1.29, 1.82) is 0 Å². The molecule has 0 aromatic heterocycles. The van der Waals surface area contributed by atoms with Crippen LogP contribution in [0.2, 0.25) is 0 Å². The Bertz CT molecular complexity index is 723. The molecule has 2 rings (SSSR count). The van der Waals surface area contributed by atoms with Gasteiger partial charge in [-0.3, -0.25) is 4.79 Å². The molecule has 118 valence electrons. The molecule has 0 aliphatic heterocycles. The second-order valence-electron chi connectivity index (χ2n) is 4.69. The molecule has 23 heavy (non-hydrogen) atoms. The minimum Gasteiger partial charge on any atom is -0.494 e. The summed E-state index contributed by atoms with van der Waals surface area (Å²) in [7, 11) is 0. The van der Waals surface area contributed by atoms with Gasteiger partial charge in [-0.25, -0.2) is 4.79 Å². The standard InChI is InChI=1S/C18H17NO4/c1-2-23-15-10-6-7-13(11-15)12-16(18(21)22)19-17(20)14-8-4-3-5-9-14/h3-12H,2H2,1H3,(H,19,20)(H,21,22). The number of hydrogen-bond donors (Lipinski definition) is 2. The number of carbonyl (C=O) groups is 2. The van der Waals surface area contributed by atoms with Crippen LogP contribution in [0.25, 0.3) is 6.08 Å². The van der Waals surface area contributed by atoms with E-state index in [4.69, 9.17) is 4.74 Å². The fourth-order valence-electron chi connectivity index (χ4n) is 1.96. The van der Waals surface area contributed by atoms with E-state index in [0.29, 0.717) is 23.5 Å². The molecule has 1 amide bonds. The van der Waals surface area contributed by atoms with E-state index in [2.05, 4.69) is 5.32 Å². The Kier molecular flexibility index (Phi) is 5.52. The first-order valence-corrected chi connectivity index (χ1v) is 7.14. The summed E-state index contributed by atoms with van der Waals surface area (Å²) in [4.78, 5) is 23.4. The van der Waals surface area contributed by atoms with Crippen molar-refractivity contribution in [3.8, 4) is 5.75 Å². The molecule has 0 fully saturated rings. The second kappa shape index (κ2) is 7.79. The van der Waals surface area contributed by atoms with Crippen LogP contribution < -0.4 is 10.1 Å². The fourth-order valence-corrected chi connectivity index (χ4v) is 1.96. The van der Waals surface area contributed by atoms with E-state index in [-0.39, 0.29) is 5.70 Å². The van der Waals surface area contributed by atoms with E-state index in [9.17, 15) is 14.7 Å². The number of carbonyl (C=O) groups excluding carboxylic acids is 1. The zero-order chi connectivity index (χ0) is 16.7. The maximum absolute atomic E-state index is 12.1. The van der Waals surface area contributed by atoms with Crippen molar-refractivity contribution < 1.29 is 19.4 Å².